The highest BCUT2D eigenvalue weighted by Gasteiger charge is 2.29. The maximum absolute atomic E-state index is 13.9. The van der Waals surface area contributed by atoms with Gasteiger partial charge in [0.2, 0.25) is 0 Å². The van der Waals surface area contributed by atoms with Crippen LogP contribution >= 0.6 is 34.2 Å². The van der Waals surface area contributed by atoms with Crippen molar-refractivity contribution >= 4 is 34.2 Å². The second-order valence-electron chi connectivity index (χ2n) is 4.44. The third kappa shape index (κ3) is 2.05. The molecule has 0 amide bonds. The fourth-order valence-electron chi connectivity index (χ4n) is 2.14. The highest BCUT2D eigenvalue weighted by molar-refractivity contribution is 14.1. The van der Waals surface area contributed by atoms with Crippen molar-refractivity contribution in [2.24, 2.45) is 0 Å². The van der Waals surface area contributed by atoms with E-state index in [2.05, 4.69) is 27.7 Å². The maximum Gasteiger partial charge on any atom is 0.150 e. The maximum atomic E-state index is 13.9. The lowest BCUT2D eigenvalue weighted by Gasteiger charge is -2.09. The van der Waals surface area contributed by atoms with E-state index in [1.807, 2.05) is 6.20 Å². The predicted octanol–water partition coefficient (Wildman–Crippen LogP) is 4.48. The zero-order valence-electron chi connectivity index (χ0n) is 9.54. The summed E-state index contributed by atoms with van der Waals surface area (Å²) in [6, 6.07) is 4.71. The van der Waals surface area contributed by atoms with E-state index in [0.717, 1.165) is 10.1 Å². The van der Waals surface area contributed by atoms with Gasteiger partial charge in [0, 0.05) is 4.43 Å². The number of alkyl halides is 1. The lowest BCUT2D eigenvalue weighted by molar-refractivity contribution is 0.608. The van der Waals surface area contributed by atoms with Crippen molar-refractivity contribution in [3.05, 3.63) is 46.5 Å². The molecule has 0 saturated heterocycles. The zero-order valence-corrected chi connectivity index (χ0v) is 12.4. The van der Waals surface area contributed by atoms with E-state index < -0.39 is 0 Å². The van der Waals surface area contributed by atoms with Crippen molar-refractivity contribution in [3.63, 3.8) is 0 Å². The Labute approximate surface area is 123 Å². The molecule has 1 heterocycles. The van der Waals surface area contributed by atoms with Gasteiger partial charge in [-0.05, 0) is 36.5 Å². The molecule has 1 fully saturated rings. The van der Waals surface area contributed by atoms with Crippen LogP contribution in [0.1, 0.15) is 30.0 Å². The van der Waals surface area contributed by atoms with Gasteiger partial charge in [-0.1, -0.05) is 40.3 Å². The molecular formula is C13H11ClFIN2. The van der Waals surface area contributed by atoms with Gasteiger partial charge in [-0.15, -0.1) is 0 Å². The Hall–Kier alpha value is -0.620. The van der Waals surface area contributed by atoms with Crippen LogP contribution in [0.25, 0.3) is 5.69 Å². The van der Waals surface area contributed by atoms with Crippen LogP contribution in [-0.2, 0) is 4.43 Å². The van der Waals surface area contributed by atoms with Crippen LogP contribution in [0.3, 0.4) is 0 Å². The summed E-state index contributed by atoms with van der Waals surface area (Å²) < 4.78 is 16.4. The highest BCUT2D eigenvalue weighted by Crippen LogP contribution is 2.42. The molecule has 1 aromatic carbocycles. The molecule has 1 aromatic heterocycles. The number of para-hydroxylation sites is 1. The average molecular weight is 377 g/mol. The third-order valence-corrected chi connectivity index (χ3v) is 4.22. The summed E-state index contributed by atoms with van der Waals surface area (Å²) >= 11 is 8.38. The minimum absolute atomic E-state index is 0.334. The van der Waals surface area contributed by atoms with Gasteiger partial charge >= 0.3 is 0 Å². The number of halogens is 3. The fourth-order valence-corrected chi connectivity index (χ4v) is 3.15. The number of rotatable bonds is 3. The standard InChI is InChI=1S/C13H11ClFIN2/c14-10-2-1-3-11(15)13(10)18-12(6-16)9(7-17-18)8-4-5-8/h1-3,7-8H,4-6H2. The van der Waals surface area contributed by atoms with Crippen molar-refractivity contribution in [1.82, 2.24) is 9.78 Å². The van der Waals surface area contributed by atoms with Gasteiger partial charge in [0.15, 0.2) is 0 Å². The summed E-state index contributed by atoms with van der Waals surface area (Å²) in [7, 11) is 0. The molecule has 94 valence electrons. The van der Waals surface area contributed by atoms with E-state index in [9.17, 15) is 4.39 Å². The minimum Gasteiger partial charge on any atom is -0.232 e. The van der Waals surface area contributed by atoms with Crippen LogP contribution in [-0.4, -0.2) is 9.78 Å². The lowest BCUT2D eigenvalue weighted by Crippen LogP contribution is -2.05. The van der Waals surface area contributed by atoms with Gasteiger partial charge in [0.1, 0.15) is 11.5 Å². The molecule has 0 spiro atoms. The van der Waals surface area contributed by atoms with Crippen LogP contribution in [0.15, 0.2) is 24.4 Å². The Morgan fingerprint density at radius 2 is 2.22 bits per heavy atom. The van der Waals surface area contributed by atoms with Gasteiger partial charge in [0.05, 0.1) is 16.9 Å². The summed E-state index contributed by atoms with van der Waals surface area (Å²) in [5, 5.41) is 4.72. The van der Waals surface area contributed by atoms with Crippen molar-refractivity contribution < 1.29 is 4.39 Å². The highest BCUT2D eigenvalue weighted by atomic mass is 127. The van der Waals surface area contributed by atoms with Crippen LogP contribution in [0.2, 0.25) is 5.02 Å². The van der Waals surface area contributed by atoms with Gasteiger partial charge in [-0.25, -0.2) is 9.07 Å². The van der Waals surface area contributed by atoms with E-state index in [-0.39, 0.29) is 5.82 Å². The monoisotopic (exact) mass is 376 g/mol. The van der Waals surface area contributed by atoms with Crippen molar-refractivity contribution in [1.29, 1.82) is 0 Å². The number of nitrogens with zero attached hydrogens (tertiary/aromatic N) is 2. The van der Waals surface area contributed by atoms with Crippen LogP contribution in [0.4, 0.5) is 4.39 Å². The molecule has 0 atom stereocenters. The Kier molecular flexibility index (Phi) is 3.32. The fraction of sp³-hybridized carbons (Fsp3) is 0.308. The zero-order chi connectivity index (χ0) is 12.7. The molecule has 0 aliphatic heterocycles. The molecule has 1 aliphatic carbocycles. The van der Waals surface area contributed by atoms with Crippen molar-refractivity contribution in [3.8, 4) is 5.69 Å². The molecule has 1 saturated carbocycles. The summed E-state index contributed by atoms with van der Waals surface area (Å²) in [6.07, 6.45) is 4.27. The van der Waals surface area contributed by atoms with E-state index in [1.54, 1.807) is 16.8 Å². The number of hydrogen-bond donors (Lipinski definition) is 0. The van der Waals surface area contributed by atoms with E-state index >= 15 is 0 Å². The molecule has 2 nitrogen and oxygen atoms in total. The van der Waals surface area contributed by atoms with Gasteiger partial charge in [0.25, 0.3) is 0 Å². The van der Waals surface area contributed by atoms with Gasteiger partial charge in [-0.2, -0.15) is 5.10 Å². The van der Waals surface area contributed by atoms with E-state index in [4.69, 9.17) is 11.6 Å². The average Bonchev–Trinajstić information content (AvgIpc) is 3.10. The summed E-state index contributed by atoms with van der Waals surface area (Å²) in [6.45, 7) is 0. The van der Waals surface area contributed by atoms with E-state index in [0.29, 0.717) is 16.6 Å². The topological polar surface area (TPSA) is 17.8 Å². The SMILES string of the molecule is Fc1cccc(Cl)c1-n1ncc(C2CC2)c1CI. The summed E-state index contributed by atoms with van der Waals surface area (Å²) in [5.41, 5.74) is 2.66. The van der Waals surface area contributed by atoms with Crippen molar-refractivity contribution in [2.45, 2.75) is 23.2 Å². The molecule has 5 heteroatoms. The first-order chi connectivity index (χ1) is 8.72. The number of aromatic nitrogens is 2. The molecule has 2 aromatic rings. The van der Waals surface area contributed by atoms with Crippen LogP contribution in [0.5, 0.6) is 0 Å². The molecule has 0 bridgehead atoms. The Morgan fingerprint density at radius 3 is 2.83 bits per heavy atom. The summed E-state index contributed by atoms with van der Waals surface area (Å²) in [5.74, 6) is 0.271. The second-order valence-corrected chi connectivity index (χ2v) is 5.61. The smallest absolute Gasteiger partial charge is 0.150 e. The third-order valence-electron chi connectivity index (χ3n) is 3.19. The number of hydrogen-bond acceptors (Lipinski definition) is 1. The van der Waals surface area contributed by atoms with Crippen molar-refractivity contribution in [2.75, 3.05) is 0 Å². The number of benzene rings is 1. The molecular weight excluding hydrogens is 366 g/mol. The predicted molar refractivity (Wildman–Crippen MR) is 78.2 cm³/mol. The normalized spacial score (nSPS) is 15.1. The summed E-state index contributed by atoms with van der Waals surface area (Å²) in [4.78, 5) is 0. The first-order valence-electron chi connectivity index (χ1n) is 5.79. The molecule has 0 radical (unpaired) electrons. The first kappa shape index (κ1) is 12.4. The molecule has 3 rings (SSSR count). The lowest BCUT2D eigenvalue weighted by atomic mass is 10.2. The van der Waals surface area contributed by atoms with Gasteiger partial charge < -0.3 is 0 Å². The largest absolute Gasteiger partial charge is 0.232 e. The Bertz CT molecular complexity index is 572. The van der Waals surface area contributed by atoms with E-state index in [1.165, 1.54) is 24.5 Å². The van der Waals surface area contributed by atoms with Crippen LogP contribution in [0, 0.1) is 5.82 Å². The Morgan fingerprint density at radius 1 is 1.44 bits per heavy atom. The van der Waals surface area contributed by atoms with Crippen LogP contribution < -0.4 is 0 Å². The minimum atomic E-state index is -0.334. The molecule has 1 aliphatic rings. The molecule has 0 unspecified atom stereocenters. The van der Waals surface area contributed by atoms with Gasteiger partial charge in [-0.3, -0.25) is 0 Å². The quantitative estimate of drug-likeness (QED) is 0.570. The first-order valence-corrected chi connectivity index (χ1v) is 7.70. The molecule has 0 N–H and O–H groups in total. The second kappa shape index (κ2) is 4.81. The molecule has 18 heavy (non-hydrogen) atoms. The Balaban J connectivity index is 2.16.